The molecule has 2 aromatic carbocycles. The number of aromatic nitrogens is 1. The Labute approximate surface area is 125 Å². The van der Waals surface area contributed by atoms with E-state index in [1.807, 2.05) is 32.6 Å². The molecule has 0 aliphatic heterocycles. The maximum absolute atomic E-state index is 4.32. The molecule has 0 saturated heterocycles. The van der Waals surface area contributed by atoms with Crippen LogP contribution in [0.3, 0.4) is 0 Å². The second kappa shape index (κ2) is 5.83. The maximum atomic E-state index is 4.32. The molecule has 0 spiro atoms. The van der Waals surface area contributed by atoms with Crippen molar-refractivity contribution in [2.75, 3.05) is 24.3 Å². The van der Waals surface area contributed by atoms with E-state index in [0.717, 1.165) is 12.2 Å². The van der Waals surface area contributed by atoms with E-state index >= 15 is 0 Å². The zero-order valence-corrected chi connectivity index (χ0v) is 12.4. The van der Waals surface area contributed by atoms with Crippen LogP contribution in [0.25, 0.3) is 10.8 Å². The van der Waals surface area contributed by atoms with Gasteiger partial charge in [-0.25, -0.2) is 0 Å². The number of nitrogens with one attached hydrogen (secondary N) is 1. The van der Waals surface area contributed by atoms with Gasteiger partial charge in [0.15, 0.2) is 0 Å². The highest BCUT2D eigenvalue weighted by Gasteiger charge is 2.02. The van der Waals surface area contributed by atoms with E-state index in [9.17, 15) is 0 Å². The Hall–Kier alpha value is -2.55. The second-order valence-electron chi connectivity index (χ2n) is 5.32. The van der Waals surface area contributed by atoms with Crippen molar-refractivity contribution in [3.63, 3.8) is 0 Å². The predicted octanol–water partition coefficient (Wildman–Crippen LogP) is 3.91. The number of anilines is 2. The van der Waals surface area contributed by atoms with Crippen LogP contribution in [-0.2, 0) is 6.54 Å². The average Bonchev–Trinajstić information content (AvgIpc) is 2.53. The van der Waals surface area contributed by atoms with Crippen LogP contribution in [0.5, 0.6) is 0 Å². The van der Waals surface area contributed by atoms with Crippen molar-refractivity contribution in [1.29, 1.82) is 0 Å². The van der Waals surface area contributed by atoms with Gasteiger partial charge >= 0.3 is 0 Å². The molecular weight excluding hydrogens is 258 g/mol. The molecule has 1 aromatic heterocycles. The highest BCUT2D eigenvalue weighted by atomic mass is 15.1. The van der Waals surface area contributed by atoms with Crippen molar-refractivity contribution in [2.24, 2.45) is 0 Å². The zero-order chi connectivity index (χ0) is 14.7. The lowest BCUT2D eigenvalue weighted by molar-refractivity contribution is 1.11. The Morgan fingerprint density at radius 3 is 2.71 bits per heavy atom. The van der Waals surface area contributed by atoms with Gasteiger partial charge in [0.2, 0.25) is 0 Å². The van der Waals surface area contributed by atoms with Crippen molar-refractivity contribution in [1.82, 2.24) is 4.98 Å². The summed E-state index contributed by atoms with van der Waals surface area (Å²) in [6.07, 6.45) is 3.84. The van der Waals surface area contributed by atoms with E-state index < -0.39 is 0 Å². The quantitative estimate of drug-likeness (QED) is 0.783. The molecule has 3 nitrogen and oxygen atoms in total. The maximum Gasteiger partial charge on any atom is 0.0422 e. The molecule has 3 heteroatoms. The number of hydrogen-bond donors (Lipinski definition) is 1. The van der Waals surface area contributed by atoms with Gasteiger partial charge in [-0.2, -0.15) is 0 Å². The fourth-order valence-electron chi connectivity index (χ4n) is 2.41. The third kappa shape index (κ3) is 2.97. The van der Waals surface area contributed by atoms with Gasteiger partial charge in [-0.3, -0.25) is 4.98 Å². The molecule has 3 aromatic rings. The van der Waals surface area contributed by atoms with Gasteiger partial charge in [-0.1, -0.05) is 30.3 Å². The Morgan fingerprint density at radius 2 is 1.86 bits per heavy atom. The molecule has 0 amide bonds. The van der Waals surface area contributed by atoms with E-state index in [4.69, 9.17) is 0 Å². The van der Waals surface area contributed by atoms with Gasteiger partial charge in [0.1, 0.15) is 0 Å². The molecule has 0 fully saturated rings. The minimum atomic E-state index is 0.769. The van der Waals surface area contributed by atoms with Crippen LogP contribution in [0.2, 0.25) is 0 Å². The normalized spacial score (nSPS) is 10.6. The Morgan fingerprint density at radius 1 is 1.00 bits per heavy atom. The monoisotopic (exact) mass is 277 g/mol. The van der Waals surface area contributed by atoms with Gasteiger partial charge in [0, 0.05) is 49.8 Å². The number of fused-ring (bicyclic) bond motifs is 1. The molecule has 1 N–H and O–H groups in total. The largest absolute Gasteiger partial charge is 0.381 e. The second-order valence-corrected chi connectivity index (χ2v) is 5.32. The van der Waals surface area contributed by atoms with Crippen LogP contribution in [-0.4, -0.2) is 19.1 Å². The first kappa shape index (κ1) is 13.4. The van der Waals surface area contributed by atoms with Gasteiger partial charge < -0.3 is 10.2 Å². The molecule has 0 radical (unpaired) electrons. The summed E-state index contributed by atoms with van der Waals surface area (Å²) < 4.78 is 0. The van der Waals surface area contributed by atoms with Crippen molar-refractivity contribution in [2.45, 2.75) is 6.54 Å². The van der Waals surface area contributed by atoms with Crippen LogP contribution < -0.4 is 10.2 Å². The number of pyridine rings is 1. The highest BCUT2D eigenvalue weighted by Crippen LogP contribution is 2.20. The van der Waals surface area contributed by atoms with Crippen molar-refractivity contribution in [3.05, 3.63) is 66.5 Å². The topological polar surface area (TPSA) is 28.2 Å². The fraction of sp³-hybridized carbons (Fsp3) is 0.167. The lowest BCUT2D eigenvalue weighted by Gasteiger charge is -2.15. The van der Waals surface area contributed by atoms with Gasteiger partial charge in [0.05, 0.1) is 0 Å². The summed E-state index contributed by atoms with van der Waals surface area (Å²) in [5.74, 6) is 0. The van der Waals surface area contributed by atoms with Gasteiger partial charge in [-0.05, 0) is 29.1 Å². The number of nitrogens with zero attached hydrogens (tertiary/aromatic N) is 2. The predicted molar refractivity (Wildman–Crippen MR) is 89.8 cm³/mol. The summed E-state index contributed by atoms with van der Waals surface area (Å²) in [5.41, 5.74) is 3.52. The van der Waals surface area contributed by atoms with Crippen LogP contribution in [0, 0.1) is 0 Å². The standard InChI is InChI=1S/C18H19N3/c1-21(2)17-8-5-7-16(10-17)20-13-15-12-19-11-14-6-3-4-9-18(14)15/h3-12,20H,13H2,1-2H3. The SMILES string of the molecule is CN(C)c1cccc(NCc2cncc3ccccc23)c1. The summed E-state index contributed by atoms with van der Waals surface area (Å²) in [4.78, 5) is 6.42. The molecule has 0 bridgehead atoms. The van der Waals surface area contributed by atoms with Crippen LogP contribution in [0.4, 0.5) is 11.4 Å². The van der Waals surface area contributed by atoms with Crippen LogP contribution in [0.1, 0.15) is 5.56 Å². The summed E-state index contributed by atoms with van der Waals surface area (Å²) in [5, 5.41) is 5.91. The van der Waals surface area contributed by atoms with Gasteiger partial charge in [-0.15, -0.1) is 0 Å². The molecule has 106 valence electrons. The molecular formula is C18H19N3. The Bertz CT molecular complexity index is 745. The van der Waals surface area contributed by atoms with Crippen LogP contribution >= 0.6 is 0 Å². The van der Waals surface area contributed by atoms with E-state index in [2.05, 4.69) is 57.7 Å². The number of benzene rings is 2. The van der Waals surface area contributed by atoms with Crippen molar-refractivity contribution in [3.8, 4) is 0 Å². The highest BCUT2D eigenvalue weighted by molar-refractivity contribution is 5.84. The molecule has 21 heavy (non-hydrogen) atoms. The van der Waals surface area contributed by atoms with Crippen molar-refractivity contribution >= 4 is 22.1 Å². The zero-order valence-electron chi connectivity index (χ0n) is 12.4. The minimum Gasteiger partial charge on any atom is -0.381 e. The van der Waals surface area contributed by atoms with Crippen molar-refractivity contribution < 1.29 is 0 Å². The molecule has 0 atom stereocenters. The molecule has 0 aliphatic rings. The number of rotatable bonds is 4. The first-order chi connectivity index (χ1) is 10.2. The number of hydrogen-bond acceptors (Lipinski definition) is 3. The van der Waals surface area contributed by atoms with E-state index in [1.165, 1.54) is 22.0 Å². The lowest BCUT2D eigenvalue weighted by atomic mass is 10.1. The fourth-order valence-corrected chi connectivity index (χ4v) is 2.41. The first-order valence-electron chi connectivity index (χ1n) is 7.07. The lowest BCUT2D eigenvalue weighted by Crippen LogP contribution is -2.09. The minimum absolute atomic E-state index is 0.769. The summed E-state index contributed by atoms with van der Waals surface area (Å²) in [6.45, 7) is 0.769. The average molecular weight is 277 g/mol. The van der Waals surface area contributed by atoms with E-state index in [1.54, 1.807) is 0 Å². The van der Waals surface area contributed by atoms with Gasteiger partial charge in [0.25, 0.3) is 0 Å². The molecule has 0 saturated carbocycles. The molecule has 0 unspecified atom stereocenters. The smallest absolute Gasteiger partial charge is 0.0422 e. The molecule has 3 rings (SSSR count). The summed E-state index contributed by atoms with van der Waals surface area (Å²) in [6, 6.07) is 16.8. The Kier molecular flexibility index (Phi) is 3.73. The molecule has 0 aliphatic carbocycles. The third-order valence-corrected chi connectivity index (χ3v) is 3.60. The summed E-state index contributed by atoms with van der Waals surface area (Å²) >= 11 is 0. The van der Waals surface area contributed by atoms with Crippen LogP contribution in [0.15, 0.2) is 60.9 Å². The Balaban J connectivity index is 1.82. The third-order valence-electron chi connectivity index (χ3n) is 3.60. The molecule has 1 heterocycles. The van der Waals surface area contributed by atoms with E-state index in [-0.39, 0.29) is 0 Å². The first-order valence-corrected chi connectivity index (χ1v) is 7.07. The van der Waals surface area contributed by atoms with E-state index in [0.29, 0.717) is 0 Å². The summed E-state index contributed by atoms with van der Waals surface area (Å²) in [7, 11) is 4.10.